The Morgan fingerprint density at radius 2 is 1.50 bits per heavy atom. The topological polar surface area (TPSA) is 0 Å². The molecule has 0 amide bonds. The van der Waals surface area contributed by atoms with E-state index in [4.69, 9.17) is 27.9 Å². The van der Waals surface area contributed by atoms with Gasteiger partial charge in [0.05, 0.1) is 0 Å². The summed E-state index contributed by atoms with van der Waals surface area (Å²) >= 11 is 1.94. The van der Waals surface area contributed by atoms with Gasteiger partial charge in [0.25, 0.3) is 0 Å². The Labute approximate surface area is 73.8 Å². The molecular weight excluding hydrogens is 222 g/mol. The monoisotopic (exact) mass is 228 g/mol. The predicted molar refractivity (Wildman–Crippen MR) is 41.4 cm³/mol. The summed E-state index contributed by atoms with van der Waals surface area (Å²) < 4.78 is 0. The van der Waals surface area contributed by atoms with Gasteiger partial charge in [-0.2, -0.15) is 19.0 Å². The molecular formula is C3H7Cl3STi. The fourth-order valence-corrected chi connectivity index (χ4v) is 0. The standard InChI is InChI=1S/C3H7S.3ClH.Ti/c1-2-3-4;;;;/h4H,1-3H2;3*1H;/q-1;;;;+4/p-3. The summed E-state index contributed by atoms with van der Waals surface area (Å²) in [4.78, 5) is 0. The Balaban J connectivity index is 0. The molecule has 0 radical (unpaired) electrons. The second-order valence-corrected chi connectivity index (χ2v) is 8.98. The van der Waals surface area contributed by atoms with Crippen LogP contribution >= 0.6 is 40.5 Å². The molecule has 0 unspecified atom stereocenters. The minimum absolute atomic E-state index is 0.903. The van der Waals surface area contributed by atoms with E-state index in [1.807, 2.05) is 0 Å². The van der Waals surface area contributed by atoms with Gasteiger partial charge in [0.15, 0.2) is 0 Å². The van der Waals surface area contributed by atoms with E-state index in [1.165, 1.54) is 0 Å². The average molecular weight is 229 g/mol. The van der Waals surface area contributed by atoms with Crippen LogP contribution in [0.15, 0.2) is 0 Å². The summed E-state index contributed by atoms with van der Waals surface area (Å²) in [6.07, 6.45) is 0.934. The van der Waals surface area contributed by atoms with E-state index in [0.717, 1.165) is 12.2 Å². The number of thiol groups is 1. The molecule has 0 saturated carbocycles. The van der Waals surface area contributed by atoms with E-state index in [0.29, 0.717) is 0 Å². The normalized spacial score (nSPS) is 7.12. The first-order valence-corrected chi connectivity index (χ1v) is 8.96. The third-order valence-electron chi connectivity index (χ3n) is 0.158. The van der Waals surface area contributed by atoms with Crippen LogP contribution in [0.4, 0.5) is 0 Å². The Hall–Kier alpha value is 1.93. The van der Waals surface area contributed by atoms with Gasteiger partial charge >= 0.3 is 42.6 Å². The number of halogens is 3. The van der Waals surface area contributed by atoms with E-state index in [2.05, 4.69) is 19.6 Å². The SMILES string of the molecule is [CH2-]CCS.[Cl][Ti+]([Cl])[Cl]. The van der Waals surface area contributed by atoms with Crippen LogP contribution in [-0.2, 0) is 14.7 Å². The van der Waals surface area contributed by atoms with Crippen LogP contribution in [0, 0.1) is 6.92 Å². The Morgan fingerprint density at radius 1 is 1.38 bits per heavy atom. The molecule has 50 valence electrons. The van der Waals surface area contributed by atoms with Gasteiger partial charge in [-0.05, 0) is 5.75 Å². The maximum absolute atomic E-state index is 4.97. The van der Waals surface area contributed by atoms with Gasteiger partial charge in [-0.3, -0.25) is 0 Å². The van der Waals surface area contributed by atoms with Crippen molar-refractivity contribution in [2.24, 2.45) is 0 Å². The zero-order valence-electron chi connectivity index (χ0n) is 4.20. The second kappa shape index (κ2) is 11.7. The molecule has 0 aliphatic carbocycles. The van der Waals surface area contributed by atoms with Crippen LogP contribution in [0.5, 0.6) is 0 Å². The first-order valence-electron chi connectivity index (χ1n) is 1.88. The van der Waals surface area contributed by atoms with Crippen LogP contribution < -0.4 is 0 Å². The van der Waals surface area contributed by atoms with Gasteiger partial charge < -0.3 is 6.92 Å². The summed E-state index contributed by atoms with van der Waals surface area (Å²) in [5.74, 6) is 0.903. The number of hydrogen-bond acceptors (Lipinski definition) is 1. The van der Waals surface area contributed by atoms with Gasteiger partial charge in [0.2, 0.25) is 0 Å². The molecule has 0 fully saturated rings. The van der Waals surface area contributed by atoms with Crippen molar-refractivity contribution in [1.82, 2.24) is 0 Å². The summed E-state index contributed by atoms with van der Waals surface area (Å²) in [5.41, 5.74) is 0. The van der Waals surface area contributed by atoms with Crippen molar-refractivity contribution in [3.63, 3.8) is 0 Å². The van der Waals surface area contributed by atoms with Gasteiger partial charge in [0, 0.05) is 0 Å². The van der Waals surface area contributed by atoms with Crippen molar-refractivity contribution in [3.05, 3.63) is 6.92 Å². The molecule has 0 aliphatic rings. The Kier molecular flexibility index (Phi) is 18.4. The van der Waals surface area contributed by atoms with E-state index in [1.54, 1.807) is 0 Å². The fraction of sp³-hybridized carbons (Fsp3) is 0.667. The molecule has 0 bridgehead atoms. The molecule has 0 nitrogen and oxygen atoms in total. The predicted octanol–water partition coefficient (Wildman–Crippen LogP) is 3.21. The van der Waals surface area contributed by atoms with Crippen molar-refractivity contribution in [3.8, 4) is 0 Å². The summed E-state index contributed by atoms with van der Waals surface area (Å²) in [5, 5.41) is 0. The molecule has 0 N–H and O–H groups in total. The van der Waals surface area contributed by atoms with Gasteiger partial charge in [-0.15, -0.1) is 0 Å². The summed E-state index contributed by atoms with van der Waals surface area (Å²) in [7, 11) is 14.9. The molecule has 5 heteroatoms. The van der Waals surface area contributed by atoms with Crippen molar-refractivity contribution in [2.75, 3.05) is 5.75 Å². The van der Waals surface area contributed by atoms with Crippen LogP contribution in [0.25, 0.3) is 0 Å². The second-order valence-electron chi connectivity index (χ2n) is 0.791. The van der Waals surface area contributed by atoms with Crippen LogP contribution in [0.2, 0.25) is 0 Å². The van der Waals surface area contributed by atoms with Gasteiger partial charge in [-0.25, -0.2) is 0 Å². The van der Waals surface area contributed by atoms with Crippen LogP contribution in [0.3, 0.4) is 0 Å². The molecule has 0 aromatic rings. The number of hydrogen-bond donors (Lipinski definition) is 1. The zero-order valence-corrected chi connectivity index (χ0v) is 8.93. The van der Waals surface area contributed by atoms with E-state index >= 15 is 0 Å². The molecule has 0 aliphatic heterocycles. The molecule has 0 spiro atoms. The van der Waals surface area contributed by atoms with Gasteiger partial charge in [-0.1, -0.05) is 0 Å². The third kappa shape index (κ3) is 44.3. The maximum atomic E-state index is 4.97. The van der Waals surface area contributed by atoms with E-state index in [9.17, 15) is 0 Å². The van der Waals surface area contributed by atoms with Crippen molar-refractivity contribution in [2.45, 2.75) is 6.42 Å². The molecule has 0 aromatic carbocycles. The van der Waals surface area contributed by atoms with Crippen molar-refractivity contribution in [1.29, 1.82) is 0 Å². The Bertz CT molecular complexity index is 31.0. The summed E-state index contributed by atoms with van der Waals surface area (Å²) in [6, 6.07) is 0. The average Bonchev–Trinajstić information content (AvgIpc) is 1.65. The zero-order chi connectivity index (χ0) is 6.99. The first kappa shape index (κ1) is 12.6. The van der Waals surface area contributed by atoms with Crippen molar-refractivity contribution >= 4 is 40.5 Å². The fourth-order valence-electron chi connectivity index (χ4n) is 0. The quantitative estimate of drug-likeness (QED) is 0.398. The van der Waals surface area contributed by atoms with E-state index < -0.39 is 14.7 Å². The molecule has 0 heterocycles. The summed E-state index contributed by atoms with van der Waals surface area (Å²) in [6.45, 7) is 3.53. The molecule has 0 saturated heterocycles. The molecule has 8 heavy (non-hydrogen) atoms. The molecule has 0 rings (SSSR count). The Morgan fingerprint density at radius 3 is 1.50 bits per heavy atom. The van der Waals surface area contributed by atoms with Gasteiger partial charge in [0.1, 0.15) is 0 Å². The minimum atomic E-state index is -1.92. The molecule has 0 aromatic heterocycles. The third-order valence-corrected chi connectivity index (χ3v) is 0.474. The van der Waals surface area contributed by atoms with Crippen LogP contribution in [-0.4, -0.2) is 5.75 Å². The van der Waals surface area contributed by atoms with E-state index in [-0.39, 0.29) is 0 Å². The first-order chi connectivity index (χ1) is 3.65. The molecule has 0 atom stereocenters. The van der Waals surface area contributed by atoms with Crippen molar-refractivity contribution < 1.29 is 14.7 Å². The van der Waals surface area contributed by atoms with Crippen LogP contribution in [0.1, 0.15) is 6.42 Å². The number of rotatable bonds is 1.